The summed E-state index contributed by atoms with van der Waals surface area (Å²) in [5.74, 6) is 2.17. The van der Waals surface area contributed by atoms with Gasteiger partial charge in [0.05, 0.1) is 13.2 Å². The summed E-state index contributed by atoms with van der Waals surface area (Å²) in [7, 11) is 1.71. The van der Waals surface area contributed by atoms with Crippen LogP contribution in [0, 0.1) is 0 Å². The summed E-state index contributed by atoms with van der Waals surface area (Å²) in [6, 6.07) is 10.6. The molecule has 0 aliphatic carbocycles. The predicted octanol–water partition coefficient (Wildman–Crippen LogP) is 5.21. The summed E-state index contributed by atoms with van der Waals surface area (Å²) in [5.41, 5.74) is 1.33. The van der Waals surface area contributed by atoms with Gasteiger partial charge in [0.25, 0.3) is 0 Å². The molecular formula is C20H30N2O2. The molecule has 0 saturated heterocycles. The van der Waals surface area contributed by atoms with Gasteiger partial charge in [-0.05, 0) is 63.6 Å². The standard InChI is InChI=1S/C20H30N2O2/c1-15(2)22-13-12-20(21-22)24-17(4)9-6-8-16(3)18-10-7-11-19(14-18)23-5/h7,10-17H,6,8-9H2,1-5H3/t16?,17-/m0/s1. The predicted molar refractivity (Wildman–Crippen MR) is 98.0 cm³/mol. The summed E-state index contributed by atoms with van der Waals surface area (Å²) < 4.78 is 13.1. The molecule has 132 valence electrons. The molecule has 0 spiro atoms. The fourth-order valence-corrected chi connectivity index (χ4v) is 2.76. The summed E-state index contributed by atoms with van der Waals surface area (Å²) in [6.45, 7) is 8.61. The number of hydrogen-bond donors (Lipinski definition) is 0. The van der Waals surface area contributed by atoms with Crippen LogP contribution in [0.2, 0.25) is 0 Å². The Kier molecular flexibility index (Phi) is 6.71. The second-order valence-corrected chi connectivity index (χ2v) is 6.76. The molecule has 24 heavy (non-hydrogen) atoms. The van der Waals surface area contributed by atoms with Crippen molar-refractivity contribution in [2.75, 3.05) is 7.11 Å². The molecule has 1 heterocycles. The van der Waals surface area contributed by atoms with Gasteiger partial charge in [-0.3, -0.25) is 4.68 Å². The SMILES string of the molecule is COc1cccc(C(C)CCC[C@H](C)Oc2ccn(C(C)C)n2)c1. The first-order chi connectivity index (χ1) is 11.5. The van der Waals surface area contributed by atoms with Gasteiger partial charge in [-0.2, -0.15) is 0 Å². The van der Waals surface area contributed by atoms with Gasteiger partial charge < -0.3 is 9.47 Å². The van der Waals surface area contributed by atoms with Gasteiger partial charge in [-0.25, -0.2) is 0 Å². The second kappa shape index (κ2) is 8.76. The van der Waals surface area contributed by atoms with E-state index in [0.717, 1.165) is 30.9 Å². The first-order valence-corrected chi connectivity index (χ1v) is 8.85. The van der Waals surface area contributed by atoms with E-state index in [1.54, 1.807) is 7.11 Å². The molecule has 0 bridgehead atoms. The highest BCUT2D eigenvalue weighted by Crippen LogP contribution is 2.25. The summed E-state index contributed by atoms with van der Waals surface area (Å²) in [4.78, 5) is 0. The zero-order chi connectivity index (χ0) is 17.5. The number of methoxy groups -OCH3 is 1. The highest BCUT2D eigenvalue weighted by Gasteiger charge is 2.11. The molecule has 2 rings (SSSR count). The van der Waals surface area contributed by atoms with Crippen LogP contribution in [-0.4, -0.2) is 23.0 Å². The van der Waals surface area contributed by atoms with E-state index in [1.807, 2.05) is 23.0 Å². The van der Waals surface area contributed by atoms with E-state index in [0.29, 0.717) is 12.0 Å². The molecule has 4 heteroatoms. The Morgan fingerprint density at radius 3 is 2.54 bits per heavy atom. The molecule has 0 radical (unpaired) electrons. The van der Waals surface area contributed by atoms with Gasteiger partial charge >= 0.3 is 0 Å². The zero-order valence-electron chi connectivity index (χ0n) is 15.5. The van der Waals surface area contributed by atoms with Gasteiger partial charge in [0.1, 0.15) is 5.75 Å². The Bertz CT molecular complexity index is 622. The number of benzene rings is 1. The van der Waals surface area contributed by atoms with Crippen molar-refractivity contribution in [3.63, 3.8) is 0 Å². The quantitative estimate of drug-likeness (QED) is 0.633. The Labute approximate surface area is 145 Å². The van der Waals surface area contributed by atoms with Gasteiger partial charge in [-0.15, -0.1) is 5.10 Å². The van der Waals surface area contributed by atoms with Gasteiger partial charge in [0, 0.05) is 18.3 Å². The minimum atomic E-state index is 0.179. The minimum absolute atomic E-state index is 0.179. The van der Waals surface area contributed by atoms with E-state index in [4.69, 9.17) is 9.47 Å². The van der Waals surface area contributed by atoms with Crippen molar-refractivity contribution in [1.29, 1.82) is 0 Å². The van der Waals surface area contributed by atoms with Crippen LogP contribution < -0.4 is 9.47 Å². The van der Waals surface area contributed by atoms with Crippen LogP contribution in [0.4, 0.5) is 0 Å². The molecule has 0 N–H and O–H groups in total. The van der Waals surface area contributed by atoms with Crippen molar-refractivity contribution >= 4 is 0 Å². The lowest BCUT2D eigenvalue weighted by atomic mass is 9.94. The van der Waals surface area contributed by atoms with E-state index in [-0.39, 0.29) is 6.10 Å². The third-order valence-electron chi connectivity index (χ3n) is 4.35. The largest absolute Gasteiger partial charge is 0.497 e. The first-order valence-electron chi connectivity index (χ1n) is 8.85. The normalized spacial score (nSPS) is 13.8. The minimum Gasteiger partial charge on any atom is -0.497 e. The molecule has 0 aliphatic heterocycles. The number of hydrogen-bond acceptors (Lipinski definition) is 3. The van der Waals surface area contributed by atoms with E-state index in [2.05, 4.69) is 51.0 Å². The van der Waals surface area contributed by atoms with Crippen molar-refractivity contribution in [3.8, 4) is 11.6 Å². The van der Waals surface area contributed by atoms with Crippen LogP contribution in [0.15, 0.2) is 36.5 Å². The molecule has 2 atom stereocenters. The third-order valence-corrected chi connectivity index (χ3v) is 4.35. The van der Waals surface area contributed by atoms with E-state index in [1.165, 1.54) is 5.56 Å². The highest BCUT2D eigenvalue weighted by atomic mass is 16.5. The molecule has 0 amide bonds. The van der Waals surface area contributed by atoms with Crippen LogP contribution in [0.5, 0.6) is 11.6 Å². The Morgan fingerprint density at radius 2 is 1.88 bits per heavy atom. The van der Waals surface area contributed by atoms with Gasteiger partial charge in [-0.1, -0.05) is 19.1 Å². The van der Waals surface area contributed by atoms with Gasteiger partial charge in [0.15, 0.2) is 0 Å². The maximum atomic E-state index is 5.92. The molecule has 1 unspecified atom stereocenters. The molecule has 1 aromatic carbocycles. The van der Waals surface area contributed by atoms with Crippen LogP contribution in [0.25, 0.3) is 0 Å². The van der Waals surface area contributed by atoms with Crippen LogP contribution in [-0.2, 0) is 0 Å². The molecule has 1 aromatic heterocycles. The smallest absolute Gasteiger partial charge is 0.232 e. The topological polar surface area (TPSA) is 36.3 Å². The summed E-state index contributed by atoms with van der Waals surface area (Å²) in [6.07, 6.45) is 5.45. The van der Waals surface area contributed by atoms with Crippen molar-refractivity contribution in [2.45, 2.75) is 65.0 Å². The summed E-state index contributed by atoms with van der Waals surface area (Å²) in [5, 5.41) is 4.44. The Hall–Kier alpha value is -1.97. The van der Waals surface area contributed by atoms with Crippen LogP contribution >= 0.6 is 0 Å². The third kappa shape index (κ3) is 5.29. The van der Waals surface area contributed by atoms with Gasteiger partial charge in [0.2, 0.25) is 5.88 Å². The van der Waals surface area contributed by atoms with Crippen LogP contribution in [0.1, 0.15) is 64.5 Å². The van der Waals surface area contributed by atoms with Crippen molar-refractivity contribution < 1.29 is 9.47 Å². The average Bonchev–Trinajstić information content (AvgIpc) is 3.03. The first kappa shape index (κ1) is 18.4. The van der Waals surface area contributed by atoms with Crippen molar-refractivity contribution in [1.82, 2.24) is 9.78 Å². The number of aromatic nitrogens is 2. The number of ether oxygens (including phenoxy) is 2. The van der Waals surface area contributed by atoms with E-state index >= 15 is 0 Å². The molecular weight excluding hydrogens is 300 g/mol. The molecule has 0 aliphatic rings. The van der Waals surface area contributed by atoms with Crippen LogP contribution in [0.3, 0.4) is 0 Å². The number of rotatable bonds is 9. The Balaban J connectivity index is 1.75. The highest BCUT2D eigenvalue weighted by molar-refractivity contribution is 5.30. The lowest BCUT2D eigenvalue weighted by Gasteiger charge is -2.16. The fraction of sp³-hybridized carbons (Fsp3) is 0.550. The monoisotopic (exact) mass is 330 g/mol. The summed E-state index contributed by atoms with van der Waals surface area (Å²) >= 11 is 0. The average molecular weight is 330 g/mol. The van der Waals surface area contributed by atoms with E-state index in [9.17, 15) is 0 Å². The maximum absolute atomic E-state index is 5.92. The fourth-order valence-electron chi connectivity index (χ4n) is 2.76. The number of nitrogens with zero attached hydrogens (tertiary/aromatic N) is 2. The lowest BCUT2D eigenvalue weighted by molar-refractivity contribution is 0.195. The molecule has 2 aromatic rings. The maximum Gasteiger partial charge on any atom is 0.232 e. The molecule has 0 fully saturated rings. The van der Waals surface area contributed by atoms with Crippen molar-refractivity contribution in [2.24, 2.45) is 0 Å². The zero-order valence-corrected chi connectivity index (χ0v) is 15.5. The second-order valence-electron chi connectivity index (χ2n) is 6.76. The molecule has 4 nitrogen and oxygen atoms in total. The lowest BCUT2D eigenvalue weighted by Crippen LogP contribution is -2.13. The van der Waals surface area contributed by atoms with E-state index < -0.39 is 0 Å². The molecule has 0 saturated carbocycles. The van der Waals surface area contributed by atoms with Crippen molar-refractivity contribution in [3.05, 3.63) is 42.1 Å². The Morgan fingerprint density at radius 1 is 1.08 bits per heavy atom.